The molecule has 0 radical (unpaired) electrons. The largest absolute Gasteiger partial charge is 0.492 e. The highest BCUT2D eigenvalue weighted by molar-refractivity contribution is 6.15. The van der Waals surface area contributed by atoms with E-state index in [-0.39, 0.29) is 23.2 Å². The van der Waals surface area contributed by atoms with Crippen LogP contribution in [0.25, 0.3) is 0 Å². The Hall–Kier alpha value is -3.49. The number of para-hydroxylation sites is 2. The quantitative estimate of drug-likeness (QED) is 0.718. The van der Waals surface area contributed by atoms with Crippen LogP contribution in [-0.4, -0.2) is 40.0 Å². The number of anilines is 2. The molecule has 1 unspecified atom stereocenters. The molecular formula is C23H30N6O3. The van der Waals surface area contributed by atoms with Crippen LogP contribution in [0, 0.1) is 5.92 Å². The Morgan fingerprint density at radius 2 is 1.88 bits per heavy atom. The van der Waals surface area contributed by atoms with Crippen LogP contribution in [0.1, 0.15) is 53.7 Å². The predicted octanol–water partition coefficient (Wildman–Crippen LogP) is 4.45. The third-order valence-corrected chi connectivity index (χ3v) is 5.04. The number of hydrogen-bond donors (Lipinski definition) is 2. The molecule has 1 aliphatic heterocycles. The maximum atomic E-state index is 12.8. The number of amides is 3. The Morgan fingerprint density at radius 1 is 1.16 bits per heavy atom. The van der Waals surface area contributed by atoms with Crippen LogP contribution in [0.2, 0.25) is 0 Å². The monoisotopic (exact) mass is 438 g/mol. The van der Waals surface area contributed by atoms with Crippen LogP contribution in [0.5, 0.6) is 5.75 Å². The molecule has 0 aliphatic carbocycles. The van der Waals surface area contributed by atoms with Crippen LogP contribution >= 0.6 is 0 Å². The van der Waals surface area contributed by atoms with Crippen LogP contribution in [0.4, 0.5) is 16.3 Å². The van der Waals surface area contributed by atoms with Crippen molar-refractivity contribution in [2.24, 2.45) is 15.9 Å². The number of nitrogens with zero attached hydrogens (tertiary/aromatic N) is 4. The minimum Gasteiger partial charge on any atom is -0.492 e. The number of carbonyl (C=O) groups excluding carboxylic acids is 2. The average Bonchev–Trinajstić information content (AvgIpc) is 3.13. The first-order valence-corrected chi connectivity index (χ1v) is 10.7. The number of benzene rings is 1. The minimum absolute atomic E-state index is 0.137. The summed E-state index contributed by atoms with van der Waals surface area (Å²) >= 11 is 0. The van der Waals surface area contributed by atoms with Gasteiger partial charge in [-0.3, -0.25) is 10.1 Å². The molecule has 2 heterocycles. The van der Waals surface area contributed by atoms with Crippen molar-refractivity contribution in [2.45, 2.75) is 53.4 Å². The van der Waals surface area contributed by atoms with Gasteiger partial charge in [0.2, 0.25) is 0 Å². The second-order valence-corrected chi connectivity index (χ2v) is 8.55. The van der Waals surface area contributed by atoms with E-state index in [1.54, 1.807) is 25.1 Å². The number of nitrogens with one attached hydrogen (secondary N) is 2. The van der Waals surface area contributed by atoms with Crippen molar-refractivity contribution in [3.05, 3.63) is 36.0 Å². The lowest BCUT2D eigenvalue weighted by atomic mass is 9.92. The number of carbonyl (C=O) groups is 2. The summed E-state index contributed by atoms with van der Waals surface area (Å²) < 4.78 is 6.97. The maximum Gasteiger partial charge on any atom is 0.324 e. The van der Waals surface area contributed by atoms with Crippen molar-refractivity contribution in [3.63, 3.8) is 0 Å². The van der Waals surface area contributed by atoms with Crippen LogP contribution in [0.3, 0.4) is 0 Å². The van der Waals surface area contributed by atoms with E-state index in [0.717, 1.165) is 5.69 Å². The van der Waals surface area contributed by atoms with Gasteiger partial charge in [-0.2, -0.15) is 14.8 Å². The molecule has 2 N–H and O–H groups in total. The molecule has 0 saturated heterocycles. The molecule has 1 aromatic carbocycles. The summed E-state index contributed by atoms with van der Waals surface area (Å²) in [5, 5.41) is 10.2. The number of rotatable bonds is 5. The van der Waals surface area contributed by atoms with Crippen LogP contribution in [0.15, 0.2) is 40.3 Å². The summed E-state index contributed by atoms with van der Waals surface area (Å²) in [4.78, 5) is 33.9. The third kappa shape index (κ3) is 5.04. The fourth-order valence-corrected chi connectivity index (χ4v) is 3.29. The second-order valence-electron chi connectivity index (χ2n) is 8.55. The van der Waals surface area contributed by atoms with E-state index in [1.807, 2.05) is 46.8 Å². The molecular weight excluding hydrogens is 408 g/mol. The number of hydrogen-bond acceptors (Lipinski definition) is 5. The van der Waals surface area contributed by atoms with Gasteiger partial charge < -0.3 is 10.1 Å². The summed E-state index contributed by atoms with van der Waals surface area (Å²) in [5.74, 6) is 0.481. The molecule has 3 amide bonds. The first-order chi connectivity index (χ1) is 15.1. The predicted molar refractivity (Wildman–Crippen MR) is 126 cm³/mol. The van der Waals surface area contributed by atoms with E-state index in [2.05, 4.69) is 25.7 Å². The lowest BCUT2D eigenvalue weighted by Crippen LogP contribution is -2.31. The van der Waals surface area contributed by atoms with Gasteiger partial charge in [0, 0.05) is 17.2 Å². The van der Waals surface area contributed by atoms with Gasteiger partial charge in [0.25, 0.3) is 11.9 Å². The highest BCUT2D eigenvalue weighted by Gasteiger charge is 2.28. The van der Waals surface area contributed by atoms with Crippen molar-refractivity contribution < 1.29 is 14.3 Å². The molecule has 0 bridgehead atoms. The summed E-state index contributed by atoms with van der Waals surface area (Å²) in [6.45, 7) is 12.1. The Morgan fingerprint density at radius 3 is 2.50 bits per heavy atom. The van der Waals surface area contributed by atoms with E-state index in [1.165, 1.54) is 4.68 Å². The zero-order valence-electron chi connectivity index (χ0n) is 19.4. The number of urea groups is 1. The van der Waals surface area contributed by atoms with Gasteiger partial charge in [-0.1, -0.05) is 39.8 Å². The second kappa shape index (κ2) is 9.33. The molecule has 0 fully saturated rings. The zero-order chi connectivity index (χ0) is 23.5. The van der Waals surface area contributed by atoms with Gasteiger partial charge in [-0.05, 0) is 32.4 Å². The van der Waals surface area contributed by atoms with Crippen molar-refractivity contribution in [2.75, 3.05) is 17.2 Å². The standard InChI is InChI=1S/C23H30N6O3/c1-7-15-14(3)24-21(27-20(15)30)29-19(13-18(28-29)23(4,5)6)26-22(31)25-16-11-9-10-12-17(16)32-8-2/h9-13,15H,7-8H2,1-6H3,(H2,25,26,31). The van der Waals surface area contributed by atoms with Crippen molar-refractivity contribution in [3.8, 4) is 5.75 Å². The van der Waals surface area contributed by atoms with Crippen LogP contribution in [-0.2, 0) is 10.2 Å². The Bertz CT molecular complexity index is 1080. The normalized spacial score (nSPS) is 16.3. The lowest BCUT2D eigenvalue weighted by Gasteiger charge is -2.18. The molecule has 9 heteroatoms. The van der Waals surface area contributed by atoms with Gasteiger partial charge in [-0.25, -0.2) is 9.79 Å². The smallest absolute Gasteiger partial charge is 0.324 e. The highest BCUT2D eigenvalue weighted by atomic mass is 16.5. The lowest BCUT2D eigenvalue weighted by molar-refractivity contribution is -0.119. The first kappa shape index (κ1) is 23.2. The van der Waals surface area contributed by atoms with E-state index in [0.29, 0.717) is 36.0 Å². The molecule has 0 spiro atoms. The van der Waals surface area contributed by atoms with Crippen molar-refractivity contribution in [1.29, 1.82) is 0 Å². The van der Waals surface area contributed by atoms with Crippen LogP contribution < -0.4 is 15.4 Å². The van der Waals surface area contributed by atoms with E-state index in [4.69, 9.17) is 4.74 Å². The Kier molecular flexibility index (Phi) is 6.76. The molecule has 1 aliphatic rings. The Balaban J connectivity index is 1.92. The maximum absolute atomic E-state index is 12.8. The summed E-state index contributed by atoms with van der Waals surface area (Å²) in [7, 11) is 0. The molecule has 32 heavy (non-hydrogen) atoms. The summed E-state index contributed by atoms with van der Waals surface area (Å²) in [6, 6.07) is 8.47. The SMILES string of the molecule is CCOc1ccccc1NC(=O)Nc1cc(C(C)(C)C)nn1C1=NC(=O)C(CC)C(C)=N1. The number of ether oxygens (including phenoxy) is 1. The average molecular weight is 439 g/mol. The molecule has 1 atom stereocenters. The summed E-state index contributed by atoms with van der Waals surface area (Å²) in [5.41, 5.74) is 1.65. The van der Waals surface area contributed by atoms with Gasteiger partial charge >= 0.3 is 6.03 Å². The molecule has 0 saturated carbocycles. The van der Waals surface area contributed by atoms with Gasteiger partial charge in [-0.15, -0.1) is 0 Å². The number of aromatic nitrogens is 2. The minimum atomic E-state index is -0.478. The molecule has 3 rings (SSSR count). The fourth-order valence-electron chi connectivity index (χ4n) is 3.29. The fraction of sp³-hybridized carbons (Fsp3) is 0.435. The molecule has 9 nitrogen and oxygen atoms in total. The van der Waals surface area contributed by atoms with E-state index in [9.17, 15) is 9.59 Å². The van der Waals surface area contributed by atoms with Crippen molar-refractivity contribution >= 4 is 35.1 Å². The van der Waals surface area contributed by atoms with E-state index < -0.39 is 6.03 Å². The third-order valence-electron chi connectivity index (χ3n) is 5.04. The Labute approximate surface area is 188 Å². The number of aliphatic imine (C=N–C) groups is 2. The molecule has 2 aromatic rings. The highest BCUT2D eigenvalue weighted by Crippen LogP contribution is 2.27. The van der Waals surface area contributed by atoms with Gasteiger partial charge in [0.05, 0.1) is 23.9 Å². The van der Waals surface area contributed by atoms with Gasteiger partial charge in [0.15, 0.2) is 0 Å². The first-order valence-electron chi connectivity index (χ1n) is 10.7. The molecule has 170 valence electrons. The summed E-state index contributed by atoms with van der Waals surface area (Å²) in [6.07, 6.45) is 0.629. The topological polar surface area (TPSA) is 110 Å². The van der Waals surface area contributed by atoms with Gasteiger partial charge in [0.1, 0.15) is 11.6 Å². The van der Waals surface area contributed by atoms with E-state index >= 15 is 0 Å². The molecule has 1 aromatic heterocycles. The zero-order valence-corrected chi connectivity index (χ0v) is 19.4. The van der Waals surface area contributed by atoms with Crippen molar-refractivity contribution in [1.82, 2.24) is 9.78 Å².